The van der Waals surface area contributed by atoms with E-state index in [0.717, 1.165) is 24.0 Å². The van der Waals surface area contributed by atoms with Gasteiger partial charge >= 0.3 is 5.97 Å². The number of hydrogen-bond acceptors (Lipinski definition) is 4. The maximum absolute atomic E-state index is 12.3. The van der Waals surface area contributed by atoms with Crippen LogP contribution in [0.4, 0.5) is 0 Å². The van der Waals surface area contributed by atoms with Crippen LogP contribution < -0.4 is 20.1 Å². The molecule has 2 aliphatic heterocycles. The van der Waals surface area contributed by atoms with E-state index in [-0.39, 0.29) is 23.3 Å². The van der Waals surface area contributed by atoms with Gasteiger partial charge < -0.3 is 20.1 Å². The zero-order chi connectivity index (χ0) is 22.7. The molecule has 5 rings (SSSR count). The van der Waals surface area contributed by atoms with Gasteiger partial charge in [-0.3, -0.25) is 4.79 Å². The first-order chi connectivity index (χ1) is 15.1. The van der Waals surface area contributed by atoms with E-state index in [4.69, 9.17) is 44.9 Å². The predicted molar refractivity (Wildman–Crippen MR) is 129 cm³/mol. The number of halogens is 2. The monoisotopic (exact) mass is 490 g/mol. The smallest absolute Gasteiger partial charge is 0.314 e. The maximum atomic E-state index is 12.3. The number of hydrogen-bond donors (Lipinski definition) is 2. The normalized spacial score (nSPS) is 25.9. The van der Waals surface area contributed by atoms with E-state index in [9.17, 15) is 4.79 Å². The molecule has 32 heavy (non-hydrogen) atoms. The van der Waals surface area contributed by atoms with E-state index >= 15 is 0 Å². The first-order valence-electron chi connectivity index (χ1n) is 10.7. The van der Waals surface area contributed by atoms with Gasteiger partial charge in [0, 0.05) is 41.0 Å². The van der Waals surface area contributed by atoms with Gasteiger partial charge in [-0.25, -0.2) is 0 Å². The van der Waals surface area contributed by atoms with Crippen LogP contribution in [0.2, 0.25) is 10.0 Å². The molecule has 0 radical (unpaired) electrons. The van der Waals surface area contributed by atoms with Crippen LogP contribution in [0.5, 0.6) is 11.5 Å². The van der Waals surface area contributed by atoms with Crippen LogP contribution in [0.1, 0.15) is 56.6 Å². The average Bonchev–Trinajstić information content (AvgIpc) is 3.52. The average molecular weight is 491 g/mol. The zero-order valence-electron chi connectivity index (χ0n) is 17.8. The molecule has 3 aliphatic rings. The van der Waals surface area contributed by atoms with Gasteiger partial charge in [-0.2, -0.15) is 0 Å². The third kappa shape index (κ3) is 4.16. The summed E-state index contributed by atoms with van der Waals surface area (Å²) in [6.45, 7) is 4.19. The van der Waals surface area contributed by atoms with Crippen LogP contribution in [0.25, 0.3) is 0 Å². The molecule has 0 aromatic heterocycles. The summed E-state index contributed by atoms with van der Waals surface area (Å²) >= 11 is 18.7. The van der Waals surface area contributed by atoms with Crippen LogP contribution in [0, 0.1) is 5.92 Å². The number of carbonyl (C=O) groups is 1. The highest BCUT2D eigenvalue weighted by atomic mass is 35.5. The van der Waals surface area contributed by atoms with Crippen molar-refractivity contribution < 1.29 is 14.3 Å². The molecule has 1 saturated heterocycles. The highest BCUT2D eigenvalue weighted by Crippen LogP contribution is 2.50. The molecule has 2 aromatic rings. The minimum atomic E-state index is -0.742. The molecular formula is C24H24Cl2N2O3S. The Morgan fingerprint density at radius 1 is 1.12 bits per heavy atom. The Hall–Kier alpha value is -2.02. The molecule has 0 bridgehead atoms. The second-order valence-corrected chi connectivity index (χ2v) is 10.8. The van der Waals surface area contributed by atoms with E-state index in [1.54, 1.807) is 6.07 Å². The van der Waals surface area contributed by atoms with Crippen LogP contribution in [-0.2, 0) is 4.79 Å². The van der Waals surface area contributed by atoms with Crippen molar-refractivity contribution in [3.05, 3.63) is 57.6 Å². The minimum absolute atomic E-state index is 0.0329. The third-order valence-electron chi connectivity index (χ3n) is 6.20. The molecule has 168 valence electrons. The molecule has 2 N–H and O–H groups in total. The lowest BCUT2D eigenvalue weighted by Gasteiger charge is -2.50. The number of fused-ring (bicyclic) bond motifs is 1. The fourth-order valence-electron chi connectivity index (χ4n) is 4.76. The summed E-state index contributed by atoms with van der Waals surface area (Å²) in [5.41, 5.74) is 0.886. The molecule has 1 saturated carbocycles. The molecule has 2 aromatic carbocycles. The fraction of sp³-hybridized carbons (Fsp3) is 0.417. The number of esters is 1. The van der Waals surface area contributed by atoms with Crippen molar-refractivity contribution in [2.45, 2.75) is 56.7 Å². The standard InChI is InChI=1S/C24H24Cl2N2O3S/c1-23(2)12-24(28-22(32)27-23)11-16(14-5-3-4-6-17(14)25)15-9-18(26)20(10-19(15)31-24)30-21(29)13-7-8-13/h3-6,9-10,13,16H,7-8,11-12H2,1-2H3,(H2,27,28,32)/t16-,24-/m1/s1. The van der Waals surface area contributed by atoms with Gasteiger partial charge in [-0.1, -0.05) is 41.4 Å². The fourth-order valence-corrected chi connectivity index (χ4v) is 5.70. The summed E-state index contributed by atoms with van der Waals surface area (Å²) in [6, 6.07) is 11.4. The van der Waals surface area contributed by atoms with Gasteiger partial charge in [0.1, 0.15) is 5.75 Å². The first-order valence-corrected chi connectivity index (χ1v) is 11.9. The zero-order valence-corrected chi connectivity index (χ0v) is 20.2. The van der Waals surface area contributed by atoms with Crippen molar-refractivity contribution in [2.75, 3.05) is 0 Å². The van der Waals surface area contributed by atoms with Crippen molar-refractivity contribution in [3.63, 3.8) is 0 Å². The van der Waals surface area contributed by atoms with Gasteiger partial charge in [-0.15, -0.1) is 0 Å². The predicted octanol–water partition coefficient (Wildman–Crippen LogP) is 5.57. The summed E-state index contributed by atoms with van der Waals surface area (Å²) in [6.07, 6.45) is 3.00. The molecule has 1 aliphatic carbocycles. The van der Waals surface area contributed by atoms with Gasteiger partial charge in [0.25, 0.3) is 0 Å². The van der Waals surface area contributed by atoms with Crippen LogP contribution in [0.3, 0.4) is 0 Å². The Bertz CT molecular complexity index is 1120. The molecule has 8 heteroatoms. The SMILES string of the molecule is CC1(C)C[C@]2(C[C@H](c3ccccc3Cl)c3cc(Cl)c(OC(=O)C4CC4)cc3O2)NC(=S)N1. The third-order valence-corrected chi connectivity index (χ3v) is 7.05. The topological polar surface area (TPSA) is 59.6 Å². The van der Waals surface area contributed by atoms with E-state index < -0.39 is 5.72 Å². The lowest BCUT2D eigenvalue weighted by Crippen LogP contribution is -2.69. The number of thiocarbonyl (C=S) groups is 1. The molecule has 2 heterocycles. The summed E-state index contributed by atoms with van der Waals surface area (Å²) in [7, 11) is 0. The maximum Gasteiger partial charge on any atom is 0.314 e. The molecule has 2 atom stereocenters. The number of benzene rings is 2. The Morgan fingerprint density at radius 2 is 1.88 bits per heavy atom. The Morgan fingerprint density at radius 3 is 2.56 bits per heavy atom. The largest absolute Gasteiger partial charge is 0.468 e. The summed E-state index contributed by atoms with van der Waals surface area (Å²) in [5.74, 6) is 0.560. The van der Waals surface area contributed by atoms with Crippen molar-refractivity contribution in [2.24, 2.45) is 5.92 Å². The van der Waals surface area contributed by atoms with Gasteiger partial charge in [0.05, 0.1) is 10.9 Å². The van der Waals surface area contributed by atoms with E-state index in [1.165, 1.54) is 0 Å². The summed E-state index contributed by atoms with van der Waals surface area (Å²) in [5, 5.41) is 8.27. The number of rotatable bonds is 3. The first kappa shape index (κ1) is 21.8. The summed E-state index contributed by atoms with van der Waals surface area (Å²) in [4.78, 5) is 12.3. The second-order valence-electron chi connectivity index (χ2n) is 9.53. The Labute approximate surface area is 202 Å². The summed E-state index contributed by atoms with van der Waals surface area (Å²) < 4.78 is 12.2. The van der Waals surface area contributed by atoms with Crippen molar-refractivity contribution in [1.29, 1.82) is 0 Å². The lowest BCUT2D eigenvalue weighted by molar-refractivity contribution is -0.135. The van der Waals surface area contributed by atoms with Crippen LogP contribution >= 0.6 is 35.4 Å². The molecule has 0 unspecified atom stereocenters. The lowest BCUT2D eigenvalue weighted by atomic mass is 9.77. The van der Waals surface area contributed by atoms with E-state index in [2.05, 4.69) is 24.5 Å². The Kier molecular flexibility index (Phi) is 5.31. The van der Waals surface area contributed by atoms with E-state index in [1.807, 2.05) is 30.3 Å². The molecular weight excluding hydrogens is 467 g/mol. The Balaban J connectivity index is 1.60. The quantitative estimate of drug-likeness (QED) is 0.333. The highest BCUT2D eigenvalue weighted by Gasteiger charge is 2.49. The van der Waals surface area contributed by atoms with Crippen LogP contribution in [0.15, 0.2) is 36.4 Å². The number of nitrogens with one attached hydrogen (secondary N) is 2. The van der Waals surface area contributed by atoms with E-state index in [0.29, 0.717) is 39.5 Å². The number of ether oxygens (including phenoxy) is 2. The van der Waals surface area contributed by atoms with Crippen molar-refractivity contribution in [3.8, 4) is 11.5 Å². The van der Waals surface area contributed by atoms with Gasteiger partial charge in [-0.05, 0) is 56.6 Å². The second kappa shape index (κ2) is 7.79. The van der Waals surface area contributed by atoms with Gasteiger partial charge in [0.2, 0.25) is 0 Å². The molecule has 2 fully saturated rings. The van der Waals surface area contributed by atoms with Crippen molar-refractivity contribution >= 4 is 46.5 Å². The number of carbonyl (C=O) groups excluding carboxylic acids is 1. The highest BCUT2D eigenvalue weighted by molar-refractivity contribution is 7.80. The van der Waals surface area contributed by atoms with Gasteiger partial charge in [0.15, 0.2) is 16.6 Å². The molecule has 0 amide bonds. The molecule has 1 spiro atoms. The molecule has 5 nitrogen and oxygen atoms in total. The van der Waals surface area contributed by atoms with Crippen molar-refractivity contribution in [1.82, 2.24) is 10.6 Å². The minimum Gasteiger partial charge on any atom is -0.468 e. The van der Waals surface area contributed by atoms with Crippen LogP contribution in [-0.4, -0.2) is 22.3 Å².